The lowest BCUT2D eigenvalue weighted by atomic mass is 10.4. The quantitative estimate of drug-likeness (QED) is 0.555. The molecule has 1 aliphatic heterocycles. The number of hydrogen-bond acceptors (Lipinski definition) is 3. The van der Waals surface area contributed by atoms with Crippen LogP contribution in [-0.4, -0.2) is 37.6 Å². The van der Waals surface area contributed by atoms with E-state index in [-0.39, 0.29) is 14.9 Å². The molecule has 1 N–H and O–H groups in total. The van der Waals surface area contributed by atoms with Crippen molar-refractivity contribution < 1.29 is 14.6 Å². The van der Waals surface area contributed by atoms with E-state index in [2.05, 4.69) is 6.92 Å². The van der Waals surface area contributed by atoms with Gasteiger partial charge in [-0.05, 0) is 12.8 Å². The molecule has 0 spiro atoms. The average molecular weight is 222 g/mol. The van der Waals surface area contributed by atoms with Crippen LogP contribution in [-0.2, 0) is 9.47 Å². The first-order chi connectivity index (χ1) is 6.35. The van der Waals surface area contributed by atoms with E-state index in [1.165, 1.54) is 12.8 Å². The summed E-state index contributed by atoms with van der Waals surface area (Å²) < 4.78 is 10.2. The Morgan fingerprint density at radius 1 is 1.27 bits per heavy atom. The third-order valence-electron chi connectivity index (χ3n) is 1.57. The lowest BCUT2D eigenvalue weighted by Crippen LogP contribution is -2.01. The molecule has 1 aliphatic rings. The van der Waals surface area contributed by atoms with Crippen LogP contribution < -0.4 is 0 Å². The average Bonchev–Trinajstić information content (AvgIpc) is 2.97. The van der Waals surface area contributed by atoms with E-state index in [0.717, 1.165) is 26.2 Å². The Bertz CT molecular complexity index is 90.9. The van der Waals surface area contributed by atoms with Crippen molar-refractivity contribution in [2.75, 3.05) is 26.4 Å². The summed E-state index contributed by atoms with van der Waals surface area (Å²) >= 11 is 0. The Hall–Kier alpha value is -0.120. The first kappa shape index (κ1) is 20.3. The van der Waals surface area contributed by atoms with E-state index in [0.29, 0.717) is 12.7 Å². The molecule has 0 aromatic heterocycles. The standard InChI is InChI=1S/C7H14O2.C3H8O.2CH4/c1-2-3-4-8-5-7-6-9-7;1-2-3-4;;/h7H,2-6H2,1H3;4H,2-3H2,1H3;2*1H4. The third kappa shape index (κ3) is 20.1. The number of hydrogen-bond donors (Lipinski definition) is 1. The van der Waals surface area contributed by atoms with Gasteiger partial charge in [0.25, 0.3) is 0 Å². The van der Waals surface area contributed by atoms with Crippen LogP contribution in [0.25, 0.3) is 0 Å². The highest BCUT2D eigenvalue weighted by Crippen LogP contribution is 2.08. The summed E-state index contributed by atoms with van der Waals surface area (Å²) in [5.41, 5.74) is 0. The van der Waals surface area contributed by atoms with Gasteiger partial charge in [-0.15, -0.1) is 0 Å². The third-order valence-corrected chi connectivity index (χ3v) is 1.57. The molecule has 0 amide bonds. The van der Waals surface area contributed by atoms with Crippen LogP contribution in [0.2, 0.25) is 0 Å². The highest BCUT2D eigenvalue weighted by atomic mass is 16.6. The second-order valence-electron chi connectivity index (χ2n) is 3.11. The molecule has 0 aromatic carbocycles. The van der Waals surface area contributed by atoms with E-state index in [4.69, 9.17) is 14.6 Å². The predicted molar refractivity (Wildman–Crippen MR) is 66.3 cm³/mol. The number of aliphatic hydroxyl groups is 1. The fourth-order valence-electron chi connectivity index (χ4n) is 0.625. The fourth-order valence-corrected chi connectivity index (χ4v) is 0.625. The van der Waals surface area contributed by atoms with Crippen LogP contribution in [0.3, 0.4) is 0 Å². The van der Waals surface area contributed by atoms with Crippen LogP contribution in [0, 0.1) is 0 Å². The molecule has 0 bridgehead atoms. The molecule has 1 saturated heterocycles. The number of aliphatic hydroxyl groups excluding tert-OH is 1. The molecule has 1 rings (SSSR count). The van der Waals surface area contributed by atoms with Gasteiger partial charge in [0.1, 0.15) is 6.10 Å². The number of unbranched alkanes of at least 4 members (excludes halogenated alkanes) is 1. The highest BCUT2D eigenvalue weighted by Gasteiger charge is 2.21. The summed E-state index contributed by atoms with van der Waals surface area (Å²) in [6.45, 7) is 7.03. The minimum atomic E-state index is 0. The Kier molecular flexibility index (Phi) is 22.1. The molecule has 3 nitrogen and oxygen atoms in total. The maximum atomic E-state index is 7.88. The minimum Gasteiger partial charge on any atom is -0.396 e. The normalized spacial score (nSPS) is 16.6. The van der Waals surface area contributed by atoms with Gasteiger partial charge in [-0.25, -0.2) is 0 Å². The molecule has 15 heavy (non-hydrogen) atoms. The first-order valence-corrected chi connectivity index (χ1v) is 5.15. The summed E-state index contributed by atoms with van der Waals surface area (Å²) in [4.78, 5) is 0. The van der Waals surface area contributed by atoms with E-state index < -0.39 is 0 Å². The zero-order valence-electron chi connectivity index (χ0n) is 8.79. The highest BCUT2D eigenvalue weighted by molar-refractivity contribution is 4.66. The van der Waals surface area contributed by atoms with Crippen molar-refractivity contribution in [2.24, 2.45) is 0 Å². The van der Waals surface area contributed by atoms with Crippen LogP contribution in [0.5, 0.6) is 0 Å². The van der Waals surface area contributed by atoms with Gasteiger partial charge in [0.2, 0.25) is 0 Å². The summed E-state index contributed by atoms with van der Waals surface area (Å²) in [7, 11) is 0. The van der Waals surface area contributed by atoms with E-state index >= 15 is 0 Å². The van der Waals surface area contributed by atoms with Crippen molar-refractivity contribution in [3.63, 3.8) is 0 Å². The van der Waals surface area contributed by atoms with Gasteiger partial charge in [-0.1, -0.05) is 35.1 Å². The molecule has 1 unspecified atom stereocenters. The smallest absolute Gasteiger partial charge is 0.104 e. The van der Waals surface area contributed by atoms with Crippen LogP contribution >= 0.6 is 0 Å². The van der Waals surface area contributed by atoms with Crippen LogP contribution in [0.1, 0.15) is 48.0 Å². The molecule has 1 atom stereocenters. The second-order valence-corrected chi connectivity index (χ2v) is 3.11. The maximum absolute atomic E-state index is 7.88. The molecule has 0 aromatic rings. The van der Waals surface area contributed by atoms with Gasteiger partial charge in [-0.2, -0.15) is 0 Å². The van der Waals surface area contributed by atoms with Crippen molar-refractivity contribution in [1.29, 1.82) is 0 Å². The summed E-state index contributed by atoms with van der Waals surface area (Å²) in [6.07, 6.45) is 3.69. The van der Waals surface area contributed by atoms with E-state index in [1.54, 1.807) is 0 Å². The maximum Gasteiger partial charge on any atom is 0.104 e. The number of ether oxygens (including phenoxy) is 2. The predicted octanol–water partition coefficient (Wildman–Crippen LogP) is 2.86. The first-order valence-electron chi connectivity index (χ1n) is 5.15. The Morgan fingerprint density at radius 3 is 2.13 bits per heavy atom. The molecule has 3 heteroatoms. The number of rotatable bonds is 6. The summed E-state index contributed by atoms with van der Waals surface area (Å²) in [5.74, 6) is 0. The zero-order valence-corrected chi connectivity index (χ0v) is 8.79. The Labute approximate surface area is 95.8 Å². The SMILES string of the molecule is C.C.CCCCOCC1CO1.CCCO. The molecular formula is C12H30O3. The molecule has 0 radical (unpaired) electrons. The van der Waals surface area contributed by atoms with Crippen LogP contribution in [0.15, 0.2) is 0 Å². The molecule has 0 aliphatic carbocycles. The van der Waals surface area contributed by atoms with Gasteiger partial charge >= 0.3 is 0 Å². The van der Waals surface area contributed by atoms with Gasteiger partial charge in [0, 0.05) is 13.2 Å². The molecule has 0 saturated carbocycles. The lowest BCUT2D eigenvalue weighted by molar-refractivity contribution is 0.114. The van der Waals surface area contributed by atoms with Crippen LogP contribution in [0.4, 0.5) is 0 Å². The molecule has 1 fully saturated rings. The lowest BCUT2D eigenvalue weighted by Gasteiger charge is -1.97. The van der Waals surface area contributed by atoms with Crippen molar-refractivity contribution >= 4 is 0 Å². The van der Waals surface area contributed by atoms with Crippen molar-refractivity contribution in [3.05, 3.63) is 0 Å². The minimum absolute atomic E-state index is 0. The molecular weight excluding hydrogens is 192 g/mol. The Balaban J connectivity index is -0.000000213. The van der Waals surface area contributed by atoms with Gasteiger partial charge < -0.3 is 14.6 Å². The summed E-state index contributed by atoms with van der Waals surface area (Å²) in [6, 6.07) is 0. The van der Waals surface area contributed by atoms with Crippen molar-refractivity contribution in [3.8, 4) is 0 Å². The fraction of sp³-hybridized carbons (Fsp3) is 1.00. The molecule has 1 heterocycles. The van der Waals surface area contributed by atoms with E-state index in [1.807, 2.05) is 6.92 Å². The second kappa shape index (κ2) is 16.3. The van der Waals surface area contributed by atoms with Gasteiger partial charge in [0.05, 0.1) is 13.2 Å². The van der Waals surface area contributed by atoms with Crippen molar-refractivity contribution in [1.82, 2.24) is 0 Å². The van der Waals surface area contributed by atoms with E-state index in [9.17, 15) is 0 Å². The topological polar surface area (TPSA) is 42.0 Å². The number of epoxide rings is 1. The Morgan fingerprint density at radius 2 is 1.80 bits per heavy atom. The largest absolute Gasteiger partial charge is 0.396 e. The van der Waals surface area contributed by atoms with Gasteiger partial charge in [0.15, 0.2) is 0 Å². The van der Waals surface area contributed by atoms with Crippen molar-refractivity contribution in [2.45, 2.75) is 54.1 Å². The van der Waals surface area contributed by atoms with Gasteiger partial charge in [-0.3, -0.25) is 0 Å². The zero-order chi connectivity index (χ0) is 9.94. The molecule has 96 valence electrons. The monoisotopic (exact) mass is 222 g/mol. The summed E-state index contributed by atoms with van der Waals surface area (Å²) in [5, 5.41) is 7.88.